The van der Waals surface area contributed by atoms with Gasteiger partial charge < -0.3 is 15.1 Å². The third-order valence-electron chi connectivity index (χ3n) is 6.67. The lowest BCUT2D eigenvalue weighted by molar-refractivity contribution is -0.137. The van der Waals surface area contributed by atoms with Crippen LogP contribution in [0, 0.1) is 17.1 Å². The lowest BCUT2D eigenvalue weighted by Crippen LogP contribution is -2.55. The van der Waals surface area contributed by atoms with Gasteiger partial charge in [0, 0.05) is 42.0 Å². The summed E-state index contributed by atoms with van der Waals surface area (Å²) in [4.78, 5) is 16.3. The van der Waals surface area contributed by atoms with Crippen LogP contribution in [0.4, 0.5) is 33.9 Å². The largest absolute Gasteiger partial charge is 0.418 e. The normalized spacial score (nSPS) is 15.7. The minimum atomic E-state index is -4.82. The van der Waals surface area contributed by atoms with E-state index in [2.05, 4.69) is 21.6 Å². The number of anilines is 2. The molecule has 1 aromatic heterocycles. The van der Waals surface area contributed by atoms with Gasteiger partial charge in [0.05, 0.1) is 22.9 Å². The predicted molar refractivity (Wildman–Crippen MR) is 138 cm³/mol. The number of urea groups is 1. The Bertz CT molecular complexity index is 1580. The van der Waals surface area contributed by atoms with Gasteiger partial charge in [-0.05, 0) is 37.3 Å². The van der Waals surface area contributed by atoms with Crippen molar-refractivity contribution < 1.29 is 22.4 Å². The molecule has 0 bridgehead atoms. The Labute approximate surface area is 221 Å². The van der Waals surface area contributed by atoms with E-state index in [1.165, 1.54) is 4.90 Å². The van der Waals surface area contributed by atoms with Gasteiger partial charge in [0.2, 0.25) is 0 Å². The third-order valence-corrected chi connectivity index (χ3v) is 6.67. The minimum absolute atomic E-state index is 0.224. The molecule has 39 heavy (non-hydrogen) atoms. The molecular weight excluding hydrogens is 512 g/mol. The molecule has 1 atom stereocenters. The second-order valence-electron chi connectivity index (χ2n) is 9.21. The van der Waals surface area contributed by atoms with Crippen LogP contribution in [0.2, 0.25) is 0 Å². The zero-order valence-corrected chi connectivity index (χ0v) is 20.7. The minimum Gasteiger partial charge on any atom is -0.348 e. The monoisotopic (exact) mass is 534 g/mol. The predicted octanol–water partition coefficient (Wildman–Crippen LogP) is 6.07. The van der Waals surface area contributed by atoms with Crippen molar-refractivity contribution in [2.75, 3.05) is 29.9 Å². The third kappa shape index (κ3) is 5.18. The number of nitriles is 1. The first-order valence-corrected chi connectivity index (χ1v) is 12.1. The summed E-state index contributed by atoms with van der Waals surface area (Å²) in [6.07, 6.45) is -4.82. The van der Waals surface area contributed by atoms with E-state index in [0.29, 0.717) is 29.7 Å². The fourth-order valence-electron chi connectivity index (χ4n) is 4.73. The van der Waals surface area contributed by atoms with Crippen LogP contribution in [0.25, 0.3) is 22.0 Å². The molecule has 5 rings (SSSR count). The van der Waals surface area contributed by atoms with Gasteiger partial charge in [-0.2, -0.15) is 18.4 Å². The average Bonchev–Trinajstić information content (AvgIpc) is 2.93. The first-order chi connectivity index (χ1) is 18.7. The van der Waals surface area contributed by atoms with Crippen LogP contribution in [-0.2, 0) is 6.18 Å². The molecule has 0 aliphatic carbocycles. The maximum Gasteiger partial charge on any atom is 0.418 e. The van der Waals surface area contributed by atoms with E-state index in [1.807, 2.05) is 48.2 Å². The van der Waals surface area contributed by atoms with Crippen molar-refractivity contribution in [3.63, 3.8) is 0 Å². The standard InChI is InChI=1S/C28H22F4N6O/c1-17-16-37(27(39)34-24-11-10-20(29)14-23(24)28(30,31)32)12-13-38(17)26-22-5-3-2-4-21(22)25(35-36-26)19-8-6-18(15-33)7-9-19/h2-11,14,17H,12-13,16H2,1H3,(H,34,39)/t17-/m0/s1. The number of carbonyl (C=O) groups excluding carboxylic acids is 1. The van der Waals surface area contributed by atoms with Crippen LogP contribution in [0.5, 0.6) is 0 Å². The second-order valence-corrected chi connectivity index (χ2v) is 9.21. The summed E-state index contributed by atoms with van der Waals surface area (Å²) in [5.41, 5.74) is 0.283. The average molecular weight is 535 g/mol. The van der Waals surface area contributed by atoms with Crippen LogP contribution < -0.4 is 10.2 Å². The number of aromatic nitrogens is 2. The summed E-state index contributed by atoms with van der Waals surface area (Å²) in [6.45, 7) is 2.72. The number of nitrogens with one attached hydrogen (secondary N) is 1. The highest BCUT2D eigenvalue weighted by atomic mass is 19.4. The Balaban J connectivity index is 1.37. The van der Waals surface area contributed by atoms with Crippen LogP contribution in [0.1, 0.15) is 18.1 Å². The molecule has 0 spiro atoms. The van der Waals surface area contributed by atoms with Crippen LogP contribution in [0.15, 0.2) is 66.7 Å². The highest BCUT2D eigenvalue weighted by molar-refractivity contribution is 6.00. The maximum atomic E-state index is 13.4. The molecule has 11 heteroatoms. The fourth-order valence-corrected chi connectivity index (χ4v) is 4.73. The van der Waals surface area contributed by atoms with Crippen molar-refractivity contribution in [2.45, 2.75) is 19.1 Å². The molecule has 0 saturated carbocycles. The van der Waals surface area contributed by atoms with Gasteiger partial charge >= 0.3 is 12.2 Å². The van der Waals surface area contributed by atoms with Crippen molar-refractivity contribution in [1.29, 1.82) is 5.26 Å². The molecule has 1 aliphatic heterocycles. The summed E-state index contributed by atoms with van der Waals surface area (Å²) in [7, 11) is 0. The van der Waals surface area contributed by atoms with Crippen molar-refractivity contribution in [2.24, 2.45) is 0 Å². The summed E-state index contributed by atoms with van der Waals surface area (Å²) < 4.78 is 53.5. The molecule has 3 aromatic carbocycles. The molecule has 1 saturated heterocycles. The number of carbonyl (C=O) groups is 1. The number of piperazine rings is 1. The van der Waals surface area contributed by atoms with Gasteiger partial charge in [-0.1, -0.05) is 36.4 Å². The molecule has 198 valence electrons. The van der Waals surface area contributed by atoms with E-state index in [1.54, 1.807) is 12.1 Å². The quantitative estimate of drug-likeness (QED) is 0.323. The Morgan fingerprint density at radius 3 is 2.41 bits per heavy atom. The first kappa shape index (κ1) is 25.9. The van der Waals surface area contributed by atoms with Crippen molar-refractivity contribution in [3.05, 3.63) is 83.7 Å². The molecule has 7 nitrogen and oxygen atoms in total. The van der Waals surface area contributed by atoms with Crippen LogP contribution >= 0.6 is 0 Å². The lowest BCUT2D eigenvalue weighted by atomic mass is 10.0. The molecule has 1 aliphatic rings. The Morgan fingerprint density at radius 2 is 1.74 bits per heavy atom. The lowest BCUT2D eigenvalue weighted by Gasteiger charge is -2.40. The number of fused-ring (bicyclic) bond motifs is 1. The Kier molecular flexibility index (Phi) is 6.78. The molecule has 2 heterocycles. The van der Waals surface area contributed by atoms with Crippen molar-refractivity contribution >= 4 is 28.3 Å². The summed E-state index contributed by atoms with van der Waals surface area (Å²) >= 11 is 0. The van der Waals surface area contributed by atoms with Gasteiger partial charge in [0.25, 0.3) is 0 Å². The van der Waals surface area contributed by atoms with E-state index in [-0.39, 0.29) is 19.1 Å². The number of benzene rings is 3. The molecule has 0 unspecified atom stereocenters. The number of nitrogens with zero attached hydrogens (tertiary/aromatic N) is 5. The summed E-state index contributed by atoms with van der Waals surface area (Å²) in [5.74, 6) is -0.408. The van der Waals surface area contributed by atoms with Gasteiger partial charge in [-0.15, -0.1) is 10.2 Å². The van der Waals surface area contributed by atoms with E-state index < -0.39 is 29.3 Å². The van der Waals surface area contributed by atoms with Crippen molar-refractivity contribution in [1.82, 2.24) is 15.1 Å². The number of hydrogen-bond acceptors (Lipinski definition) is 5. The highest BCUT2D eigenvalue weighted by Crippen LogP contribution is 2.36. The van der Waals surface area contributed by atoms with Gasteiger partial charge in [-0.3, -0.25) is 0 Å². The highest BCUT2D eigenvalue weighted by Gasteiger charge is 2.35. The van der Waals surface area contributed by atoms with Gasteiger partial charge in [0.1, 0.15) is 11.5 Å². The smallest absolute Gasteiger partial charge is 0.348 e. The SMILES string of the molecule is C[C@H]1CN(C(=O)Nc2ccc(F)cc2C(F)(F)F)CCN1c1nnc(-c2ccc(C#N)cc2)c2ccccc12. The van der Waals surface area contributed by atoms with Gasteiger partial charge in [0.15, 0.2) is 5.82 Å². The molecule has 0 radical (unpaired) electrons. The van der Waals surface area contributed by atoms with Crippen LogP contribution in [-0.4, -0.2) is 46.8 Å². The number of hydrogen-bond donors (Lipinski definition) is 1. The summed E-state index contributed by atoms with van der Waals surface area (Å²) in [6, 6.07) is 18.1. The molecule has 2 amide bonds. The number of alkyl halides is 3. The Hall–Kier alpha value is -4.72. The van der Waals surface area contributed by atoms with Gasteiger partial charge in [-0.25, -0.2) is 9.18 Å². The van der Waals surface area contributed by atoms with Crippen LogP contribution in [0.3, 0.4) is 0 Å². The molecular formula is C28H22F4N6O. The van der Waals surface area contributed by atoms with E-state index in [0.717, 1.165) is 28.5 Å². The topological polar surface area (TPSA) is 85.2 Å². The number of halogens is 4. The maximum absolute atomic E-state index is 13.4. The number of amides is 2. The number of rotatable bonds is 3. The summed E-state index contributed by atoms with van der Waals surface area (Å²) in [5, 5.41) is 22.1. The Morgan fingerprint density at radius 1 is 1.03 bits per heavy atom. The molecule has 1 N–H and O–H groups in total. The van der Waals surface area contributed by atoms with E-state index >= 15 is 0 Å². The van der Waals surface area contributed by atoms with Crippen molar-refractivity contribution in [3.8, 4) is 17.3 Å². The van der Waals surface area contributed by atoms with E-state index in [9.17, 15) is 22.4 Å². The zero-order valence-electron chi connectivity index (χ0n) is 20.7. The fraction of sp³-hybridized carbons (Fsp3) is 0.214. The molecule has 1 fully saturated rings. The van der Waals surface area contributed by atoms with E-state index in [4.69, 9.17) is 5.26 Å². The first-order valence-electron chi connectivity index (χ1n) is 12.1. The second kappa shape index (κ2) is 10.2. The zero-order chi connectivity index (χ0) is 27.7. The molecule has 4 aromatic rings.